The van der Waals surface area contributed by atoms with E-state index in [-0.39, 0.29) is 34.9 Å². The molecule has 2 N–H and O–H groups in total. The van der Waals surface area contributed by atoms with Gasteiger partial charge in [-0.15, -0.1) is 0 Å². The van der Waals surface area contributed by atoms with E-state index in [9.17, 15) is 10.2 Å². The van der Waals surface area contributed by atoms with E-state index >= 15 is 0 Å². The van der Waals surface area contributed by atoms with Crippen molar-refractivity contribution in [3.05, 3.63) is 47.5 Å². The van der Waals surface area contributed by atoms with Gasteiger partial charge in [0, 0.05) is 14.2 Å². The summed E-state index contributed by atoms with van der Waals surface area (Å²) in [7, 11) is 3.12. The number of hydrogen-bond acceptors (Lipinski definition) is 6. The van der Waals surface area contributed by atoms with Crippen molar-refractivity contribution in [3.8, 4) is 23.0 Å². The van der Waals surface area contributed by atoms with E-state index in [0.717, 1.165) is 11.1 Å². The highest BCUT2D eigenvalue weighted by atomic mass is 16.7. The highest BCUT2D eigenvalue weighted by Gasteiger charge is 2.48. The van der Waals surface area contributed by atoms with Gasteiger partial charge in [-0.05, 0) is 116 Å². The number of hydrogen-bond donors (Lipinski definition) is 2. The van der Waals surface area contributed by atoms with Crippen molar-refractivity contribution < 1.29 is 29.2 Å². The molecule has 0 aromatic heterocycles. The minimum atomic E-state index is -0.369. The third-order valence-electron chi connectivity index (χ3n) is 9.25. The maximum absolute atomic E-state index is 9.82. The fraction of sp³-hybridized carbons (Fsp3) is 0.667. The SMILES string of the molecule is C1CC2C3CCC(C3)C2C1.COC(C)Oc1ccc(C(C)(C)C)cc1O.COC(C)Oc1ccc(C(C)(C)C)cc1O. The smallest absolute Gasteiger partial charge is 0.196 e. The second-order valence-corrected chi connectivity index (χ2v) is 14.3. The average Bonchev–Trinajstić information content (AvgIpc) is 3.66. The Labute approximate surface area is 254 Å². The van der Waals surface area contributed by atoms with Crippen LogP contribution in [0, 0.1) is 23.7 Å². The first-order chi connectivity index (χ1) is 19.6. The number of phenols is 2. The molecule has 6 atom stereocenters. The lowest BCUT2D eigenvalue weighted by atomic mass is 9.82. The Balaban J connectivity index is 0.000000177. The van der Waals surface area contributed by atoms with Crippen LogP contribution in [0.5, 0.6) is 23.0 Å². The number of fused-ring (bicyclic) bond motifs is 5. The van der Waals surface area contributed by atoms with Gasteiger partial charge in [-0.25, -0.2) is 0 Å². The molecule has 2 aromatic carbocycles. The monoisotopic (exact) mass is 584 g/mol. The number of phenolic OH excluding ortho intramolecular Hbond substituents is 2. The van der Waals surface area contributed by atoms with Crippen LogP contribution in [0.15, 0.2) is 36.4 Å². The standard InChI is InChI=1S/2C13H20O3.C10H16/c2*1-9(15-5)16-12-7-6-10(8-11(12)14)13(2,3)4;1-2-9-7-4-5-8(6-7)10(9)3-1/h2*6-9,14H,1-5H3;7-10H,1-6H2. The summed E-state index contributed by atoms with van der Waals surface area (Å²) < 4.78 is 20.7. The predicted octanol–water partition coefficient (Wildman–Crippen LogP) is 8.95. The number of methoxy groups -OCH3 is 2. The maximum atomic E-state index is 9.82. The molecule has 2 bridgehead atoms. The molecule has 0 aliphatic heterocycles. The van der Waals surface area contributed by atoms with Crippen molar-refractivity contribution in [2.24, 2.45) is 23.7 Å². The van der Waals surface area contributed by atoms with Crippen molar-refractivity contribution in [1.29, 1.82) is 0 Å². The van der Waals surface area contributed by atoms with E-state index in [1.54, 1.807) is 90.9 Å². The summed E-state index contributed by atoms with van der Waals surface area (Å²) in [6, 6.07) is 10.9. The van der Waals surface area contributed by atoms with E-state index in [1.807, 2.05) is 12.1 Å². The lowest BCUT2D eigenvalue weighted by molar-refractivity contribution is -0.0398. The van der Waals surface area contributed by atoms with Gasteiger partial charge in [0.25, 0.3) is 0 Å². The van der Waals surface area contributed by atoms with Crippen LogP contribution < -0.4 is 9.47 Å². The van der Waals surface area contributed by atoms with Crippen molar-refractivity contribution in [1.82, 2.24) is 0 Å². The summed E-state index contributed by atoms with van der Waals surface area (Å²) in [4.78, 5) is 0. The number of rotatable bonds is 6. The Morgan fingerprint density at radius 1 is 0.643 bits per heavy atom. The Hall–Kier alpha value is -2.44. The Kier molecular flexibility index (Phi) is 11.6. The van der Waals surface area contributed by atoms with Crippen LogP contribution in [0.1, 0.15) is 105 Å². The summed E-state index contributed by atoms with van der Waals surface area (Å²) in [5.41, 5.74) is 2.18. The Morgan fingerprint density at radius 3 is 1.33 bits per heavy atom. The van der Waals surface area contributed by atoms with Crippen LogP contribution >= 0.6 is 0 Å². The Morgan fingerprint density at radius 2 is 1.02 bits per heavy atom. The van der Waals surface area contributed by atoms with Gasteiger partial charge in [-0.1, -0.05) is 60.1 Å². The van der Waals surface area contributed by atoms with Gasteiger partial charge < -0.3 is 29.2 Å². The van der Waals surface area contributed by atoms with Crippen LogP contribution in [-0.4, -0.2) is 37.0 Å². The molecule has 6 heteroatoms. The van der Waals surface area contributed by atoms with E-state index in [0.29, 0.717) is 11.5 Å². The van der Waals surface area contributed by atoms with Crippen LogP contribution in [-0.2, 0) is 20.3 Å². The second kappa shape index (κ2) is 14.4. The molecule has 0 spiro atoms. The topological polar surface area (TPSA) is 77.4 Å². The number of ether oxygens (including phenoxy) is 4. The predicted molar refractivity (Wildman–Crippen MR) is 169 cm³/mol. The van der Waals surface area contributed by atoms with Crippen molar-refractivity contribution in [3.63, 3.8) is 0 Å². The fourth-order valence-electron chi connectivity index (χ4n) is 6.64. The first-order valence-electron chi connectivity index (χ1n) is 15.7. The molecule has 2 aromatic rings. The van der Waals surface area contributed by atoms with E-state index < -0.39 is 0 Å². The molecule has 3 saturated carbocycles. The lowest BCUT2D eigenvalue weighted by Gasteiger charge is -2.23. The summed E-state index contributed by atoms with van der Waals surface area (Å²) in [5, 5.41) is 19.6. The van der Waals surface area contributed by atoms with Gasteiger partial charge >= 0.3 is 0 Å². The van der Waals surface area contributed by atoms with Crippen molar-refractivity contribution in [2.75, 3.05) is 14.2 Å². The van der Waals surface area contributed by atoms with Crippen LogP contribution in [0.2, 0.25) is 0 Å². The third-order valence-corrected chi connectivity index (χ3v) is 9.25. The number of benzene rings is 2. The van der Waals surface area contributed by atoms with Crippen molar-refractivity contribution in [2.45, 2.75) is 117 Å². The summed E-state index contributed by atoms with van der Waals surface area (Å²) in [6.07, 6.45) is 8.80. The van der Waals surface area contributed by atoms with Crippen LogP contribution in [0.25, 0.3) is 0 Å². The fourth-order valence-corrected chi connectivity index (χ4v) is 6.64. The summed E-state index contributed by atoms with van der Waals surface area (Å²) in [5.74, 6) is 5.99. The highest BCUT2D eigenvalue weighted by molar-refractivity contribution is 5.44. The van der Waals surface area contributed by atoms with Crippen molar-refractivity contribution >= 4 is 0 Å². The largest absolute Gasteiger partial charge is 0.504 e. The first kappa shape index (κ1) is 34.1. The van der Waals surface area contributed by atoms with Gasteiger partial charge in [0.05, 0.1) is 0 Å². The van der Waals surface area contributed by atoms with Gasteiger partial charge in [0.1, 0.15) is 0 Å². The molecular formula is C36H56O6. The molecular weight excluding hydrogens is 528 g/mol. The van der Waals surface area contributed by atoms with Gasteiger partial charge in [0.15, 0.2) is 35.6 Å². The van der Waals surface area contributed by atoms with Crippen LogP contribution in [0.3, 0.4) is 0 Å². The summed E-state index contributed by atoms with van der Waals surface area (Å²) in [6.45, 7) is 16.1. The molecule has 3 aliphatic carbocycles. The quantitative estimate of drug-likeness (QED) is 0.330. The molecule has 0 amide bonds. The molecule has 6 unspecified atom stereocenters. The zero-order valence-electron chi connectivity index (χ0n) is 27.7. The van der Waals surface area contributed by atoms with Gasteiger partial charge in [-0.3, -0.25) is 0 Å². The molecule has 0 radical (unpaired) electrons. The second-order valence-electron chi connectivity index (χ2n) is 14.3. The Bertz CT molecular complexity index is 1040. The summed E-state index contributed by atoms with van der Waals surface area (Å²) >= 11 is 0. The van der Waals surface area contributed by atoms with E-state index in [4.69, 9.17) is 18.9 Å². The molecule has 5 rings (SSSR count). The minimum absolute atomic E-state index is 0.0167. The molecule has 0 heterocycles. The minimum Gasteiger partial charge on any atom is -0.504 e. The molecule has 42 heavy (non-hydrogen) atoms. The molecule has 0 saturated heterocycles. The van der Waals surface area contributed by atoms with E-state index in [1.165, 1.54) is 23.7 Å². The normalized spacial score (nSPS) is 24.0. The zero-order chi connectivity index (χ0) is 31.2. The van der Waals surface area contributed by atoms with E-state index in [2.05, 4.69) is 41.5 Å². The molecule has 3 aliphatic rings. The zero-order valence-corrected chi connectivity index (χ0v) is 27.7. The average molecular weight is 585 g/mol. The number of aromatic hydroxyl groups is 2. The first-order valence-corrected chi connectivity index (χ1v) is 15.7. The highest BCUT2D eigenvalue weighted by Crippen LogP contribution is 2.58. The maximum Gasteiger partial charge on any atom is 0.196 e. The van der Waals surface area contributed by atoms with Gasteiger partial charge in [0.2, 0.25) is 0 Å². The lowest BCUT2D eigenvalue weighted by Crippen LogP contribution is -2.15. The third kappa shape index (κ3) is 9.03. The molecule has 6 nitrogen and oxygen atoms in total. The van der Waals surface area contributed by atoms with Gasteiger partial charge in [-0.2, -0.15) is 0 Å². The van der Waals surface area contributed by atoms with Crippen LogP contribution in [0.4, 0.5) is 0 Å². The molecule has 236 valence electrons. The molecule has 3 fully saturated rings.